The van der Waals surface area contributed by atoms with Crippen LogP contribution in [0.5, 0.6) is 0 Å². The highest BCUT2D eigenvalue weighted by Crippen LogP contribution is 2.49. The Kier molecular flexibility index (Phi) is 1.94. The fourth-order valence-electron chi connectivity index (χ4n) is 5.19. The molecule has 1 heterocycles. The van der Waals surface area contributed by atoms with Crippen molar-refractivity contribution >= 4 is 65.0 Å². The van der Waals surface area contributed by atoms with Crippen LogP contribution >= 0.6 is 0 Å². The van der Waals surface area contributed by atoms with Gasteiger partial charge in [-0.15, -0.1) is 0 Å². The summed E-state index contributed by atoms with van der Waals surface area (Å²) in [5, 5.41) is -5.68. The molecular formula is C40H24O. The summed E-state index contributed by atoms with van der Waals surface area (Å²) in [6.45, 7) is 0. The Balaban J connectivity index is 1.78. The second kappa shape index (κ2) is 8.55. The highest BCUT2D eigenvalue weighted by Gasteiger charge is 2.22. The summed E-state index contributed by atoms with van der Waals surface area (Å²) < 4.78 is 221. The average Bonchev–Trinajstić information content (AvgIpc) is 3.67. The molecule has 9 aromatic rings. The SMILES string of the molecule is [2H]c1c([2H])c([2H])c(-c2c([2H])c([2H])c3oc4c5c([2H])c([2H])c([2H])c([2H])c5c([2H])c([2H])c4c3c2-c2c3c([2H])c([2H])c([2H])c([2H])c3c([2H])c3c2c([2H])c([2H])c2c([2H])c([2H])c([2H])c([2H])c23)c([2H])c1[2H]. The zero-order valence-electron chi connectivity index (χ0n) is 44.4. The number of rotatable bonds is 2. The molecule has 0 saturated heterocycles. The molecule has 0 bridgehead atoms. The van der Waals surface area contributed by atoms with Gasteiger partial charge in [-0.1, -0.05) is 127 Å². The highest BCUT2D eigenvalue weighted by atomic mass is 16.3. The van der Waals surface area contributed by atoms with Crippen LogP contribution in [0.15, 0.2) is 149 Å². The molecule has 0 aliphatic heterocycles. The Morgan fingerprint density at radius 3 is 1.85 bits per heavy atom. The van der Waals surface area contributed by atoms with Crippen LogP contribution in [-0.2, 0) is 0 Å². The summed E-state index contributed by atoms with van der Waals surface area (Å²) in [7, 11) is 0. The number of benzene rings is 8. The fourth-order valence-corrected chi connectivity index (χ4v) is 5.19. The van der Waals surface area contributed by atoms with Crippen molar-refractivity contribution in [2.24, 2.45) is 0 Å². The largest absolute Gasteiger partial charge is 0.455 e. The summed E-state index contributed by atoms with van der Waals surface area (Å²) in [6.07, 6.45) is 0. The third-order valence-electron chi connectivity index (χ3n) is 6.87. The maximum atomic E-state index is 9.59. The van der Waals surface area contributed by atoms with Gasteiger partial charge in [-0.3, -0.25) is 0 Å². The van der Waals surface area contributed by atoms with E-state index >= 15 is 0 Å². The number of fused-ring (bicyclic) bond motifs is 9. The Morgan fingerprint density at radius 2 is 1.05 bits per heavy atom. The van der Waals surface area contributed by atoms with Crippen LogP contribution in [0, 0.1) is 0 Å². The lowest BCUT2D eigenvalue weighted by atomic mass is 9.84. The normalized spacial score (nSPS) is 20.1. The van der Waals surface area contributed by atoms with E-state index in [-0.39, 0.29) is 0 Å². The molecule has 0 unspecified atom stereocenters. The molecule has 0 spiro atoms. The van der Waals surface area contributed by atoms with Crippen LogP contribution in [0.3, 0.4) is 0 Å². The third-order valence-corrected chi connectivity index (χ3v) is 6.87. The first-order chi connectivity index (χ1) is 30.3. The van der Waals surface area contributed by atoms with Gasteiger partial charge in [-0.2, -0.15) is 0 Å². The maximum absolute atomic E-state index is 9.59. The molecule has 8 aromatic carbocycles. The molecule has 0 fully saturated rings. The first-order valence-electron chi connectivity index (χ1n) is 24.2. The molecule has 1 heteroatoms. The maximum Gasteiger partial charge on any atom is 0.143 e. The van der Waals surface area contributed by atoms with Crippen molar-refractivity contribution in [2.45, 2.75) is 0 Å². The van der Waals surface area contributed by atoms with Gasteiger partial charge >= 0.3 is 0 Å². The van der Waals surface area contributed by atoms with Gasteiger partial charge in [-0.25, -0.2) is 0 Å². The quantitative estimate of drug-likeness (QED) is 0.156. The van der Waals surface area contributed by atoms with E-state index in [0.29, 0.717) is 0 Å². The first kappa shape index (κ1) is 9.33. The van der Waals surface area contributed by atoms with Crippen LogP contribution in [-0.4, -0.2) is 0 Å². The first-order valence-corrected chi connectivity index (χ1v) is 12.2. The molecule has 0 N–H and O–H groups in total. The minimum Gasteiger partial charge on any atom is -0.455 e. The van der Waals surface area contributed by atoms with Gasteiger partial charge in [0.1, 0.15) is 11.2 Å². The van der Waals surface area contributed by atoms with Gasteiger partial charge in [0.25, 0.3) is 0 Å². The molecule has 1 aromatic heterocycles. The van der Waals surface area contributed by atoms with Gasteiger partial charge in [-0.05, 0) is 72.5 Å². The highest BCUT2D eigenvalue weighted by molar-refractivity contribution is 6.28. The third kappa shape index (κ3) is 3.24. The monoisotopic (exact) mass is 544 g/mol. The lowest BCUT2D eigenvalue weighted by Crippen LogP contribution is -1.91. The van der Waals surface area contributed by atoms with Gasteiger partial charge < -0.3 is 4.42 Å². The Bertz CT molecular complexity index is 3790. The van der Waals surface area contributed by atoms with Gasteiger partial charge in [0, 0.05) is 21.7 Å². The van der Waals surface area contributed by atoms with Crippen molar-refractivity contribution in [2.75, 3.05) is 0 Å². The second-order valence-electron chi connectivity index (χ2n) is 9.01. The van der Waals surface area contributed by atoms with Crippen molar-refractivity contribution in [3.05, 3.63) is 145 Å². The smallest absolute Gasteiger partial charge is 0.143 e. The zero-order chi connectivity index (χ0) is 47.8. The summed E-state index contributed by atoms with van der Waals surface area (Å²) in [4.78, 5) is 0. The van der Waals surface area contributed by atoms with Gasteiger partial charge in [0.05, 0.1) is 32.9 Å². The summed E-state index contributed by atoms with van der Waals surface area (Å²) >= 11 is 0. The molecule has 1 nitrogen and oxygen atoms in total. The fraction of sp³-hybridized carbons (Fsp3) is 0. The van der Waals surface area contributed by atoms with E-state index in [1.807, 2.05) is 0 Å². The lowest BCUT2D eigenvalue weighted by Gasteiger charge is -2.18. The Morgan fingerprint density at radius 1 is 0.415 bits per heavy atom. The summed E-state index contributed by atoms with van der Waals surface area (Å²) in [6, 6.07) is -20.9. The van der Waals surface area contributed by atoms with Gasteiger partial charge in [0.2, 0.25) is 0 Å². The Hall–Kier alpha value is -5.40. The number of hydrogen-bond donors (Lipinski definition) is 0. The van der Waals surface area contributed by atoms with Crippen molar-refractivity contribution in [3.63, 3.8) is 0 Å². The van der Waals surface area contributed by atoms with Crippen LogP contribution in [0.4, 0.5) is 0 Å². The molecule has 9 rings (SSSR count). The topological polar surface area (TPSA) is 13.1 Å². The van der Waals surface area contributed by atoms with Crippen molar-refractivity contribution < 1.29 is 37.3 Å². The number of hydrogen-bond acceptors (Lipinski definition) is 1. The van der Waals surface area contributed by atoms with E-state index in [2.05, 4.69) is 0 Å². The van der Waals surface area contributed by atoms with Crippen LogP contribution in [0.25, 0.3) is 87.3 Å². The predicted octanol–water partition coefficient (Wildman–Crippen LogP) is 11.5. The van der Waals surface area contributed by atoms with E-state index in [0.717, 1.165) is 0 Å². The molecule has 0 atom stereocenters. The van der Waals surface area contributed by atoms with E-state index in [1.54, 1.807) is 0 Å². The summed E-state index contributed by atoms with van der Waals surface area (Å²) in [5.74, 6) is 0. The van der Waals surface area contributed by atoms with Crippen LogP contribution < -0.4 is 0 Å². The van der Waals surface area contributed by atoms with E-state index in [9.17, 15) is 9.60 Å². The van der Waals surface area contributed by atoms with Crippen LogP contribution in [0.2, 0.25) is 0 Å². The molecular weight excluding hydrogens is 496 g/mol. The minimum atomic E-state index is -0.980. The van der Waals surface area contributed by atoms with E-state index < -0.39 is 232 Å². The van der Waals surface area contributed by atoms with Crippen molar-refractivity contribution in [1.29, 1.82) is 0 Å². The zero-order valence-corrected chi connectivity index (χ0v) is 20.4. The molecule has 190 valence electrons. The van der Waals surface area contributed by atoms with Crippen LogP contribution in [0.1, 0.15) is 32.9 Å². The van der Waals surface area contributed by atoms with E-state index in [4.69, 9.17) is 27.7 Å². The standard InChI is InChI=1S/C40H24O/c1-2-10-25(11-3-1)31-22-23-36-38(34-21-19-27-13-5-9-17-32(27)40(34)41-36)39(31)37-30-16-8-6-14-28(30)24-35-29-15-7-4-12-26(29)18-20-33(35)37/h1-24H/i1D,2D,3D,4D,5D,6D,7D,8D,9D,10D,11D,12D,13D,14D,15D,16D,17D,18D,19D,20D,21D,22D,23D,24D. The molecule has 0 aliphatic rings. The average molecular weight is 545 g/mol. The molecule has 0 radical (unpaired) electrons. The number of furan rings is 1. The van der Waals surface area contributed by atoms with Crippen molar-refractivity contribution in [1.82, 2.24) is 0 Å². The molecule has 41 heavy (non-hydrogen) atoms. The second-order valence-corrected chi connectivity index (χ2v) is 9.01. The summed E-state index contributed by atoms with van der Waals surface area (Å²) in [5.41, 5.74) is -4.12. The molecule has 0 saturated carbocycles. The van der Waals surface area contributed by atoms with Gasteiger partial charge in [0.15, 0.2) is 0 Å². The van der Waals surface area contributed by atoms with Crippen molar-refractivity contribution in [3.8, 4) is 22.3 Å². The molecule has 0 aliphatic carbocycles. The predicted molar refractivity (Wildman–Crippen MR) is 175 cm³/mol. The lowest BCUT2D eigenvalue weighted by molar-refractivity contribution is 0.673. The minimum absolute atomic E-state index is 0.473. The molecule has 0 amide bonds. The van der Waals surface area contributed by atoms with E-state index in [1.165, 1.54) is 0 Å². The Labute approximate surface area is 270 Å².